The lowest BCUT2D eigenvalue weighted by atomic mass is 9.93. The maximum Gasteiger partial charge on any atom is 0.0177 e. The monoisotopic (exact) mass is 290 g/mol. The van der Waals surface area contributed by atoms with Crippen molar-refractivity contribution >= 4 is 21.6 Å². The summed E-state index contributed by atoms with van der Waals surface area (Å²) in [6, 6.07) is 0. The highest BCUT2D eigenvalue weighted by molar-refractivity contribution is 8.77. The quantitative estimate of drug-likeness (QED) is 0.444. The fourth-order valence-electron chi connectivity index (χ4n) is 2.06. The van der Waals surface area contributed by atoms with E-state index in [0.717, 1.165) is 34.2 Å². The van der Waals surface area contributed by atoms with Gasteiger partial charge in [0.15, 0.2) is 0 Å². The molecular weight excluding hydrogens is 256 g/mol. The molecule has 0 aromatic carbocycles. The molecule has 0 nitrogen and oxygen atoms in total. The molecule has 0 saturated heterocycles. The van der Waals surface area contributed by atoms with Crippen molar-refractivity contribution in [3.63, 3.8) is 0 Å². The zero-order valence-corrected chi connectivity index (χ0v) is 15.3. The Morgan fingerprint density at radius 3 is 1.06 bits per heavy atom. The molecular formula is C16H34S2. The van der Waals surface area contributed by atoms with E-state index >= 15 is 0 Å². The van der Waals surface area contributed by atoms with Gasteiger partial charge >= 0.3 is 0 Å². The lowest BCUT2D eigenvalue weighted by molar-refractivity contribution is 0.398. The van der Waals surface area contributed by atoms with Crippen LogP contribution in [-0.4, -0.2) is 10.5 Å². The zero-order chi connectivity index (χ0) is 14.3. The van der Waals surface area contributed by atoms with Crippen LogP contribution >= 0.6 is 21.6 Å². The average Bonchev–Trinajstić information content (AvgIpc) is 2.33. The minimum atomic E-state index is 0.797. The zero-order valence-electron chi connectivity index (χ0n) is 13.7. The van der Waals surface area contributed by atoms with Gasteiger partial charge in [-0.3, -0.25) is 0 Å². The van der Waals surface area contributed by atoms with E-state index < -0.39 is 0 Å². The Balaban J connectivity index is 4.32. The lowest BCUT2D eigenvalue weighted by Gasteiger charge is -2.29. The van der Waals surface area contributed by atoms with Gasteiger partial charge in [0, 0.05) is 10.5 Å². The van der Waals surface area contributed by atoms with E-state index in [2.05, 4.69) is 77.0 Å². The van der Waals surface area contributed by atoms with Gasteiger partial charge in [0.1, 0.15) is 0 Å². The van der Waals surface area contributed by atoms with Gasteiger partial charge in [-0.25, -0.2) is 0 Å². The fraction of sp³-hybridized carbons (Fsp3) is 1.00. The summed E-state index contributed by atoms with van der Waals surface area (Å²) in [5.41, 5.74) is 0. The smallest absolute Gasteiger partial charge is 0.0177 e. The van der Waals surface area contributed by atoms with E-state index in [1.165, 1.54) is 12.8 Å². The van der Waals surface area contributed by atoms with Gasteiger partial charge in [-0.15, -0.1) is 0 Å². The van der Waals surface area contributed by atoms with Crippen LogP contribution in [0.5, 0.6) is 0 Å². The Labute approximate surface area is 124 Å². The van der Waals surface area contributed by atoms with E-state index in [4.69, 9.17) is 0 Å². The van der Waals surface area contributed by atoms with Crippen LogP contribution in [0.4, 0.5) is 0 Å². The van der Waals surface area contributed by atoms with Crippen molar-refractivity contribution in [2.45, 2.75) is 78.7 Å². The summed E-state index contributed by atoms with van der Waals surface area (Å²) in [6.45, 7) is 18.9. The fourth-order valence-corrected chi connectivity index (χ4v) is 6.32. The first-order chi connectivity index (χ1) is 8.34. The molecule has 18 heavy (non-hydrogen) atoms. The van der Waals surface area contributed by atoms with Crippen molar-refractivity contribution in [1.29, 1.82) is 0 Å². The van der Waals surface area contributed by atoms with Gasteiger partial charge < -0.3 is 0 Å². The van der Waals surface area contributed by atoms with Crippen molar-refractivity contribution < 1.29 is 0 Å². The van der Waals surface area contributed by atoms with Gasteiger partial charge in [-0.1, -0.05) is 77.0 Å². The maximum absolute atomic E-state index is 2.42. The minimum absolute atomic E-state index is 0.797. The molecule has 0 fully saturated rings. The highest BCUT2D eigenvalue weighted by Crippen LogP contribution is 2.42. The van der Waals surface area contributed by atoms with Crippen molar-refractivity contribution in [2.75, 3.05) is 0 Å². The molecule has 0 amide bonds. The SMILES string of the molecule is CCC(SSC(CC)C(C)C(C)C)C(C)C(C)C. The van der Waals surface area contributed by atoms with Gasteiger partial charge in [-0.05, 0) is 36.5 Å². The van der Waals surface area contributed by atoms with Crippen molar-refractivity contribution in [2.24, 2.45) is 23.7 Å². The van der Waals surface area contributed by atoms with E-state index in [9.17, 15) is 0 Å². The normalized spacial score (nSPS) is 19.0. The van der Waals surface area contributed by atoms with Crippen LogP contribution < -0.4 is 0 Å². The topological polar surface area (TPSA) is 0 Å². The second kappa shape index (κ2) is 9.58. The summed E-state index contributed by atoms with van der Waals surface area (Å²) < 4.78 is 0. The molecule has 0 saturated carbocycles. The van der Waals surface area contributed by atoms with Crippen molar-refractivity contribution in [1.82, 2.24) is 0 Å². The third kappa shape index (κ3) is 6.23. The molecule has 4 atom stereocenters. The lowest BCUT2D eigenvalue weighted by Crippen LogP contribution is -2.21. The summed E-state index contributed by atoms with van der Waals surface area (Å²) in [7, 11) is 4.31. The summed E-state index contributed by atoms with van der Waals surface area (Å²) in [4.78, 5) is 0. The second-order valence-corrected chi connectivity index (χ2v) is 9.04. The van der Waals surface area contributed by atoms with Gasteiger partial charge in [0.25, 0.3) is 0 Å². The van der Waals surface area contributed by atoms with Crippen LogP contribution in [0.3, 0.4) is 0 Å². The molecule has 0 aliphatic rings. The minimum Gasteiger partial charge on any atom is -0.0902 e. The predicted molar refractivity (Wildman–Crippen MR) is 91.3 cm³/mol. The molecule has 0 aromatic rings. The summed E-state index contributed by atoms with van der Waals surface area (Å²) in [5, 5.41) is 1.62. The number of rotatable bonds is 9. The first kappa shape index (κ1) is 18.7. The highest BCUT2D eigenvalue weighted by atomic mass is 33.1. The van der Waals surface area contributed by atoms with E-state index in [1.54, 1.807) is 0 Å². The summed E-state index contributed by atoms with van der Waals surface area (Å²) >= 11 is 0. The van der Waals surface area contributed by atoms with Crippen LogP contribution in [0.15, 0.2) is 0 Å². The highest BCUT2D eigenvalue weighted by Gasteiger charge is 2.24. The van der Waals surface area contributed by atoms with Crippen LogP contribution in [0, 0.1) is 23.7 Å². The molecule has 0 spiro atoms. The Bertz CT molecular complexity index is 179. The predicted octanol–water partition coefficient (Wildman–Crippen LogP) is 6.51. The third-order valence-electron chi connectivity index (χ3n) is 4.38. The van der Waals surface area contributed by atoms with E-state index in [0.29, 0.717) is 0 Å². The largest absolute Gasteiger partial charge is 0.0902 e. The van der Waals surface area contributed by atoms with Crippen molar-refractivity contribution in [3.8, 4) is 0 Å². The molecule has 0 bridgehead atoms. The molecule has 0 radical (unpaired) electrons. The Morgan fingerprint density at radius 2 is 0.889 bits per heavy atom. The molecule has 0 aromatic heterocycles. The Morgan fingerprint density at radius 1 is 0.611 bits per heavy atom. The molecule has 2 heteroatoms. The van der Waals surface area contributed by atoms with Gasteiger partial charge in [-0.2, -0.15) is 0 Å². The molecule has 0 rings (SSSR count). The molecule has 0 N–H and O–H groups in total. The first-order valence-electron chi connectivity index (χ1n) is 7.67. The number of hydrogen-bond donors (Lipinski definition) is 0. The maximum atomic E-state index is 2.42. The second-order valence-electron chi connectivity index (χ2n) is 6.29. The van der Waals surface area contributed by atoms with Gasteiger partial charge in [0.05, 0.1) is 0 Å². The third-order valence-corrected chi connectivity index (χ3v) is 8.33. The molecule has 0 aliphatic heterocycles. The molecule has 110 valence electrons. The number of hydrogen-bond acceptors (Lipinski definition) is 2. The summed E-state index contributed by atoms with van der Waals surface area (Å²) in [5.74, 6) is 3.23. The van der Waals surface area contributed by atoms with E-state index in [-0.39, 0.29) is 0 Å². The van der Waals surface area contributed by atoms with Crippen LogP contribution in [0.1, 0.15) is 68.2 Å². The molecule has 4 unspecified atom stereocenters. The Kier molecular flexibility index (Phi) is 9.95. The summed E-state index contributed by atoms with van der Waals surface area (Å²) in [6.07, 6.45) is 2.59. The molecule has 0 heterocycles. The Hall–Kier alpha value is 0.700. The average molecular weight is 291 g/mol. The standard InChI is InChI=1S/C16H34S2/c1-9-15(13(7)11(3)4)17-18-16(10-2)14(8)12(5)6/h11-16H,9-10H2,1-8H3. The first-order valence-corrected chi connectivity index (χ1v) is 9.94. The van der Waals surface area contributed by atoms with Crippen LogP contribution in [0.25, 0.3) is 0 Å². The van der Waals surface area contributed by atoms with Crippen LogP contribution in [0.2, 0.25) is 0 Å². The molecule has 0 aliphatic carbocycles. The van der Waals surface area contributed by atoms with Crippen LogP contribution in [-0.2, 0) is 0 Å². The van der Waals surface area contributed by atoms with Crippen molar-refractivity contribution in [3.05, 3.63) is 0 Å². The van der Waals surface area contributed by atoms with Gasteiger partial charge in [0.2, 0.25) is 0 Å². The van der Waals surface area contributed by atoms with E-state index in [1.807, 2.05) is 0 Å².